The Morgan fingerprint density at radius 1 is 1.09 bits per heavy atom. The maximum atomic E-state index is 12.2. The molecule has 8 heteroatoms. The molecule has 0 radical (unpaired) electrons. The first-order valence-corrected chi connectivity index (χ1v) is 6.42. The van der Waals surface area contributed by atoms with E-state index in [1.807, 2.05) is 0 Å². The molecule has 0 spiro atoms. The van der Waals surface area contributed by atoms with Crippen molar-refractivity contribution < 1.29 is 33.5 Å². The van der Waals surface area contributed by atoms with Gasteiger partial charge in [0.15, 0.2) is 0 Å². The molecule has 2 aliphatic rings. The number of hydrogen-bond donors (Lipinski definition) is 0. The molecule has 1 fully saturated rings. The van der Waals surface area contributed by atoms with Crippen LogP contribution in [0.4, 0.5) is 4.79 Å². The molecule has 114 valence electrons. The fourth-order valence-corrected chi connectivity index (χ4v) is 2.08. The highest BCUT2D eigenvalue weighted by Crippen LogP contribution is 2.28. The van der Waals surface area contributed by atoms with Crippen molar-refractivity contribution in [3.05, 3.63) is 35.4 Å². The maximum Gasteiger partial charge on any atom is 0.508 e. The molecule has 0 saturated carbocycles. The Kier molecular flexibility index (Phi) is 3.09. The van der Waals surface area contributed by atoms with Gasteiger partial charge in [0.1, 0.15) is 18.6 Å². The van der Waals surface area contributed by atoms with Gasteiger partial charge in [-0.2, -0.15) is 0 Å². The van der Waals surface area contributed by atoms with E-state index in [0.29, 0.717) is 5.06 Å². The minimum Gasteiger partial charge on any atom is -0.433 e. The third-order valence-electron chi connectivity index (χ3n) is 3.44. The molecule has 1 saturated heterocycles. The summed E-state index contributed by atoms with van der Waals surface area (Å²) in [5.41, 5.74) is -0.961. The summed E-state index contributed by atoms with van der Waals surface area (Å²) in [6.07, 6.45) is -0.883. The van der Waals surface area contributed by atoms with E-state index >= 15 is 0 Å². The second-order valence-electron chi connectivity index (χ2n) is 5.22. The van der Waals surface area contributed by atoms with Crippen LogP contribution < -0.4 is 0 Å². The summed E-state index contributed by atoms with van der Waals surface area (Å²) < 4.78 is 9.29. The number of carbonyl (C=O) groups is 4. The topological polar surface area (TPSA) is 99.2 Å². The average molecular weight is 305 g/mol. The van der Waals surface area contributed by atoms with Gasteiger partial charge in [-0.1, -0.05) is 17.2 Å². The molecule has 0 atom stereocenters. The Balaban J connectivity index is 1.77. The molecule has 2 aliphatic heterocycles. The van der Waals surface area contributed by atoms with Gasteiger partial charge in [0, 0.05) is 0 Å². The zero-order valence-electron chi connectivity index (χ0n) is 11.5. The first-order valence-electron chi connectivity index (χ1n) is 6.42. The lowest BCUT2D eigenvalue weighted by Crippen LogP contribution is -2.47. The highest BCUT2D eigenvalue weighted by atomic mass is 16.7. The number of nitrogens with zero attached hydrogens (tertiary/aromatic N) is 1. The van der Waals surface area contributed by atoms with Crippen molar-refractivity contribution in [2.24, 2.45) is 5.41 Å². The first-order chi connectivity index (χ1) is 10.4. The van der Waals surface area contributed by atoms with Gasteiger partial charge in [-0.05, 0) is 19.1 Å². The third-order valence-corrected chi connectivity index (χ3v) is 3.44. The lowest BCUT2D eigenvalue weighted by atomic mass is 9.93. The summed E-state index contributed by atoms with van der Waals surface area (Å²) in [4.78, 5) is 52.1. The number of hydroxylamine groups is 2. The molecule has 8 nitrogen and oxygen atoms in total. The van der Waals surface area contributed by atoms with Gasteiger partial charge >= 0.3 is 12.1 Å². The van der Waals surface area contributed by atoms with Crippen LogP contribution in [0.5, 0.6) is 0 Å². The summed E-state index contributed by atoms with van der Waals surface area (Å²) in [7, 11) is 0. The summed E-state index contributed by atoms with van der Waals surface area (Å²) in [6.45, 7) is 0.932. The lowest BCUT2D eigenvalue weighted by Gasteiger charge is -2.30. The zero-order chi connectivity index (χ0) is 15.9. The number of fused-ring (bicyclic) bond motifs is 1. The molecule has 1 aromatic carbocycles. The minimum atomic E-state index is -1.29. The minimum absolute atomic E-state index is 0.164. The van der Waals surface area contributed by atoms with Crippen LogP contribution >= 0.6 is 0 Å². The van der Waals surface area contributed by atoms with E-state index < -0.39 is 29.4 Å². The second-order valence-corrected chi connectivity index (χ2v) is 5.22. The average Bonchev–Trinajstić information content (AvgIpc) is 2.76. The van der Waals surface area contributed by atoms with Crippen molar-refractivity contribution in [1.82, 2.24) is 5.06 Å². The van der Waals surface area contributed by atoms with Gasteiger partial charge in [-0.15, -0.1) is 0 Å². The Bertz CT molecular complexity index is 651. The molecular weight excluding hydrogens is 294 g/mol. The van der Waals surface area contributed by atoms with Gasteiger partial charge in [-0.3, -0.25) is 9.59 Å². The highest BCUT2D eigenvalue weighted by Gasteiger charge is 2.46. The molecular formula is C14H11NO7. The van der Waals surface area contributed by atoms with Crippen LogP contribution in [0, 0.1) is 5.41 Å². The molecule has 3 rings (SSSR count). The first kappa shape index (κ1) is 14.1. The fourth-order valence-electron chi connectivity index (χ4n) is 2.08. The molecule has 0 bridgehead atoms. The summed E-state index contributed by atoms with van der Waals surface area (Å²) in [5, 5.41) is 0.411. The summed E-state index contributed by atoms with van der Waals surface area (Å²) >= 11 is 0. The Hall–Kier alpha value is -2.90. The van der Waals surface area contributed by atoms with Crippen LogP contribution in [0.3, 0.4) is 0 Å². The van der Waals surface area contributed by atoms with Crippen LogP contribution in [-0.4, -0.2) is 42.2 Å². The molecule has 22 heavy (non-hydrogen) atoms. The van der Waals surface area contributed by atoms with Crippen molar-refractivity contribution in [3.63, 3.8) is 0 Å². The van der Waals surface area contributed by atoms with Crippen LogP contribution in [0.15, 0.2) is 24.3 Å². The molecule has 0 aliphatic carbocycles. The second kappa shape index (κ2) is 4.83. The Morgan fingerprint density at radius 3 is 2.09 bits per heavy atom. The van der Waals surface area contributed by atoms with Crippen LogP contribution in [0.25, 0.3) is 0 Å². The normalized spacial score (nSPS) is 19.3. The number of benzene rings is 1. The van der Waals surface area contributed by atoms with E-state index in [-0.39, 0.29) is 24.3 Å². The fraction of sp³-hybridized carbons (Fsp3) is 0.286. The maximum absolute atomic E-state index is 12.2. The van der Waals surface area contributed by atoms with Crippen LogP contribution in [0.1, 0.15) is 27.6 Å². The van der Waals surface area contributed by atoms with Gasteiger partial charge in [0.25, 0.3) is 11.8 Å². The number of hydrogen-bond acceptors (Lipinski definition) is 7. The predicted molar refractivity (Wildman–Crippen MR) is 68.4 cm³/mol. The standard InChI is InChI=1S/C14H11NO7/c1-14(6-20-13(19)21-7-14)12(18)22-15-10(16)8-4-2-3-5-9(8)11(15)17/h2-5H,6-7H2,1H3. The van der Waals surface area contributed by atoms with Gasteiger partial charge in [0.2, 0.25) is 0 Å². The van der Waals surface area contributed by atoms with E-state index in [9.17, 15) is 19.2 Å². The van der Waals surface area contributed by atoms with Crippen molar-refractivity contribution in [1.29, 1.82) is 0 Å². The monoisotopic (exact) mass is 305 g/mol. The molecule has 1 aromatic rings. The van der Waals surface area contributed by atoms with Crippen molar-refractivity contribution >= 4 is 23.9 Å². The summed E-state index contributed by atoms with van der Waals surface area (Å²) in [5.74, 6) is -2.33. The molecule has 2 heterocycles. The van der Waals surface area contributed by atoms with E-state index in [2.05, 4.69) is 9.47 Å². The lowest BCUT2D eigenvalue weighted by molar-refractivity contribution is -0.190. The van der Waals surface area contributed by atoms with Crippen molar-refractivity contribution in [2.75, 3.05) is 13.2 Å². The number of rotatable bonds is 2. The number of carbonyl (C=O) groups excluding carboxylic acids is 4. The smallest absolute Gasteiger partial charge is 0.433 e. The van der Waals surface area contributed by atoms with Gasteiger partial charge < -0.3 is 14.3 Å². The van der Waals surface area contributed by atoms with Gasteiger partial charge in [-0.25, -0.2) is 9.59 Å². The third kappa shape index (κ3) is 2.09. The molecule has 0 N–H and O–H groups in total. The number of amides is 2. The predicted octanol–water partition coefficient (Wildman–Crippen LogP) is 0.914. The molecule has 2 amide bonds. The Labute approximate surface area is 124 Å². The number of imide groups is 1. The Morgan fingerprint density at radius 2 is 1.59 bits per heavy atom. The number of cyclic esters (lactones) is 2. The molecule has 0 aromatic heterocycles. The van der Waals surface area contributed by atoms with Crippen LogP contribution in [0.2, 0.25) is 0 Å². The van der Waals surface area contributed by atoms with Crippen LogP contribution in [-0.2, 0) is 19.1 Å². The molecule has 0 unspecified atom stereocenters. The highest BCUT2D eigenvalue weighted by molar-refractivity contribution is 6.20. The van der Waals surface area contributed by atoms with Gasteiger partial charge in [0.05, 0.1) is 11.1 Å². The summed E-state index contributed by atoms with van der Waals surface area (Å²) in [6, 6.07) is 6.14. The van der Waals surface area contributed by atoms with E-state index in [0.717, 1.165) is 0 Å². The van der Waals surface area contributed by atoms with E-state index in [4.69, 9.17) is 4.84 Å². The SMILES string of the molecule is CC1(C(=O)ON2C(=O)c3ccccc3C2=O)COC(=O)OC1. The van der Waals surface area contributed by atoms with Crippen molar-refractivity contribution in [3.8, 4) is 0 Å². The van der Waals surface area contributed by atoms with Crippen molar-refractivity contribution in [2.45, 2.75) is 6.92 Å². The van der Waals surface area contributed by atoms with E-state index in [1.165, 1.54) is 19.1 Å². The zero-order valence-corrected chi connectivity index (χ0v) is 11.5. The van der Waals surface area contributed by atoms with E-state index in [1.54, 1.807) is 12.1 Å². The quantitative estimate of drug-likeness (QED) is 0.591. The largest absolute Gasteiger partial charge is 0.508 e. The number of ether oxygens (including phenoxy) is 2.